The minimum absolute atomic E-state index is 0.531. The van der Waals surface area contributed by atoms with Crippen LogP contribution in [0, 0.1) is 29.1 Å². The summed E-state index contributed by atoms with van der Waals surface area (Å²) in [7, 11) is -1.26. The van der Waals surface area contributed by atoms with Crippen LogP contribution < -0.4 is 14.4 Å². The minimum atomic E-state index is -6.30. The van der Waals surface area contributed by atoms with Crippen LogP contribution in [0.1, 0.15) is 0 Å². The summed E-state index contributed by atoms with van der Waals surface area (Å²) in [6.45, 7) is -6.30. The summed E-state index contributed by atoms with van der Waals surface area (Å²) in [5, 5.41) is 0. The molecule has 0 heterocycles. The Bertz CT molecular complexity index is 1360. The summed E-state index contributed by atoms with van der Waals surface area (Å²) in [6.07, 6.45) is 0. The Balaban J connectivity index is 0.000000232. The zero-order chi connectivity index (χ0) is 28.1. The standard InChI is InChI=1S/C19H17O3S.C6BF8/c1-21-16-12-14-17(15-13-16)22-23(20,18-8-4-2-5-9-18)19-10-6-3-7-11-19;8-2-1(7(13,14)15)3(9)5(11)6(12)4(2)10/h2-15H,1H3;/q+1;-1. The molecule has 0 saturated heterocycles. The second-order valence-corrected chi connectivity index (χ2v) is 9.56. The van der Waals surface area contributed by atoms with Crippen molar-refractivity contribution in [1.82, 2.24) is 0 Å². The van der Waals surface area contributed by atoms with Gasteiger partial charge in [-0.1, -0.05) is 36.4 Å². The van der Waals surface area contributed by atoms with Gasteiger partial charge >= 0.3 is 17.2 Å². The molecular formula is C25H17BF8O3S. The highest BCUT2D eigenvalue weighted by Gasteiger charge is 2.39. The van der Waals surface area contributed by atoms with Crippen molar-refractivity contribution in [3.8, 4) is 11.5 Å². The molecule has 0 N–H and O–H groups in total. The lowest BCUT2D eigenvalue weighted by atomic mass is 9.79. The van der Waals surface area contributed by atoms with E-state index in [-0.39, 0.29) is 0 Å². The zero-order valence-corrected chi connectivity index (χ0v) is 20.1. The van der Waals surface area contributed by atoms with Crippen LogP contribution in [0.4, 0.5) is 34.9 Å². The van der Waals surface area contributed by atoms with Crippen molar-refractivity contribution in [2.24, 2.45) is 0 Å². The van der Waals surface area contributed by atoms with E-state index in [0.717, 1.165) is 5.75 Å². The lowest BCUT2D eigenvalue weighted by Crippen LogP contribution is -2.41. The first-order valence-electron chi connectivity index (χ1n) is 10.6. The third kappa shape index (κ3) is 6.16. The number of rotatable bonds is 6. The van der Waals surface area contributed by atoms with Gasteiger partial charge in [0, 0.05) is 0 Å². The lowest BCUT2D eigenvalue weighted by molar-refractivity contribution is 0.377. The number of halogens is 8. The summed E-state index contributed by atoms with van der Waals surface area (Å²) < 4.78 is 122. The Labute approximate surface area is 213 Å². The molecule has 0 aliphatic rings. The smallest absolute Gasteiger partial charge is 0.497 e. The van der Waals surface area contributed by atoms with Gasteiger partial charge in [-0.25, -0.2) is 22.0 Å². The van der Waals surface area contributed by atoms with E-state index in [1.807, 2.05) is 60.7 Å². The SMILES string of the molecule is COc1ccc(O[S+](=O)(c2ccccc2)c2ccccc2)cc1.Fc1c(F)c(F)c([B-](F)(F)F)c(F)c1F. The first kappa shape index (κ1) is 28.7. The second kappa shape index (κ2) is 11.7. The number of ether oxygens (including phenoxy) is 1. The fourth-order valence-electron chi connectivity index (χ4n) is 3.11. The number of hydrogen-bond acceptors (Lipinski definition) is 3. The Hall–Kier alpha value is -3.87. The molecule has 0 fully saturated rings. The van der Waals surface area contributed by atoms with Gasteiger partial charge in [-0.3, -0.25) is 4.18 Å². The van der Waals surface area contributed by atoms with Crippen molar-refractivity contribution in [2.75, 3.05) is 7.11 Å². The summed E-state index contributed by atoms with van der Waals surface area (Å²) in [6, 6.07) is 25.6. The Morgan fingerprint density at radius 1 is 0.579 bits per heavy atom. The van der Waals surface area contributed by atoms with Crippen LogP contribution in [0.15, 0.2) is 94.7 Å². The van der Waals surface area contributed by atoms with Gasteiger partial charge in [-0.05, 0) is 58.2 Å². The van der Waals surface area contributed by atoms with Crippen molar-refractivity contribution < 1.29 is 48.0 Å². The molecule has 4 rings (SSSR count). The fraction of sp³-hybridized carbons (Fsp3) is 0.0400. The van der Waals surface area contributed by atoms with Gasteiger partial charge in [-0.2, -0.15) is 0 Å². The summed E-state index contributed by atoms with van der Waals surface area (Å²) >= 11 is 0. The number of methoxy groups -OCH3 is 1. The predicted molar refractivity (Wildman–Crippen MR) is 126 cm³/mol. The lowest BCUT2D eigenvalue weighted by Gasteiger charge is -2.17. The number of hydrogen-bond donors (Lipinski definition) is 0. The van der Waals surface area contributed by atoms with E-state index in [9.17, 15) is 39.1 Å². The van der Waals surface area contributed by atoms with Crippen LogP contribution in [-0.2, 0) is 14.4 Å². The highest BCUT2D eigenvalue weighted by molar-refractivity contribution is 7.99. The normalized spacial score (nSPS) is 11.4. The Kier molecular flexibility index (Phi) is 8.82. The van der Waals surface area contributed by atoms with E-state index in [2.05, 4.69) is 0 Å². The minimum Gasteiger partial charge on any atom is -0.497 e. The van der Waals surface area contributed by atoms with E-state index in [4.69, 9.17) is 8.92 Å². The molecule has 0 aliphatic carbocycles. The topological polar surface area (TPSA) is 35.5 Å². The molecule has 0 saturated carbocycles. The Morgan fingerprint density at radius 2 is 0.947 bits per heavy atom. The maximum Gasteiger partial charge on any atom is 0.515 e. The van der Waals surface area contributed by atoms with Crippen molar-refractivity contribution in [3.05, 3.63) is 114 Å². The molecule has 0 bridgehead atoms. The van der Waals surface area contributed by atoms with Crippen LogP contribution >= 0.6 is 0 Å². The van der Waals surface area contributed by atoms with Crippen LogP contribution in [-0.4, -0.2) is 14.1 Å². The molecule has 3 nitrogen and oxygen atoms in total. The van der Waals surface area contributed by atoms with Crippen molar-refractivity contribution >= 4 is 22.7 Å². The molecule has 4 aromatic carbocycles. The average Bonchev–Trinajstić information content (AvgIpc) is 2.92. The van der Waals surface area contributed by atoms with Gasteiger partial charge in [0.05, 0.1) is 7.11 Å². The highest BCUT2D eigenvalue weighted by atomic mass is 32.3. The van der Waals surface area contributed by atoms with Gasteiger partial charge in [0.1, 0.15) is 17.4 Å². The molecule has 38 heavy (non-hydrogen) atoms. The Morgan fingerprint density at radius 3 is 1.32 bits per heavy atom. The van der Waals surface area contributed by atoms with E-state index in [1.54, 1.807) is 31.4 Å². The molecule has 0 spiro atoms. The quantitative estimate of drug-likeness (QED) is 0.0835. The molecule has 200 valence electrons. The van der Waals surface area contributed by atoms with Gasteiger partial charge in [0.2, 0.25) is 9.79 Å². The maximum atomic E-state index is 13.7. The predicted octanol–water partition coefficient (Wildman–Crippen LogP) is 7.04. The maximum absolute atomic E-state index is 13.7. The summed E-state index contributed by atoms with van der Waals surface area (Å²) in [5.74, 6) is -12.3. The van der Waals surface area contributed by atoms with Crippen LogP contribution in [0.3, 0.4) is 0 Å². The zero-order valence-electron chi connectivity index (χ0n) is 19.3. The molecule has 13 heteroatoms. The monoisotopic (exact) mass is 560 g/mol. The van der Waals surface area contributed by atoms with Crippen molar-refractivity contribution in [3.63, 3.8) is 0 Å². The van der Waals surface area contributed by atoms with E-state index in [1.165, 1.54) is 0 Å². The van der Waals surface area contributed by atoms with Gasteiger partial charge in [-0.15, -0.1) is 0 Å². The van der Waals surface area contributed by atoms with Gasteiger partial charge in [0.15, 0.2) is 23.2 Å². The highest BCUT2D eigenvalue weighted by Crippen LogP contribution is 2.32. The molecule has 0 aromatic heterocycles. The van der Waals surface area contributed by atoms with Crippen LogP contribution in [0.2, 0.25) is 0 Å². The molecule has 0 radical (unpaired) electrons. The molecular weight excluding hydrogens is 543 g/mol. The third-order valence-electron chi connectivity index (χ3n) is 4.95. The summed E-state index contributed by atoms with van der Waals surface area (Å²) in [5.41, 5.74) is -2.73. The second-order valence-electron chi connectivity index (χ2n) is 7.45. The molecule has 0 unspecified atom stereocenters. The largest absolute Gasteiger partial charge is 0.515 e. The molecule has 0 atom stereocenters. The molecule has 0 aliphatic heterocycles. The first-order chi connectivity index (χ1) is 17.9. The van der Waals surface area contributed by atoms with Crippen LogP contribution in [0.25, 0.3) is 0 Å². The van der Waals surface area contributed by atoms with Gasteiger partial charge in [0.25, 0.3) is 0 Å². The number of benzene rings is 4. The van der Waals surface area contributed by atoms with E-state index in [0.29, 0.717) is 15.5 Å². The fourth-order valence-corrected chi connectivity index (χ4v) is 4.99. The van der Waals surface area contributed by atoms with E-state index < -0.39 is 51.7 Å². The van der Waals surface area contributed by atoms with Crippen molar-refractivity contribution in [1.29, 1.82) is 0 Å². The summed E-state index contributed by atoms with van der Waals surface area (Å²) in [4.78, 5) is 1.28. The van der Waals surface area contributed by atoms with E-state index >= 15 is 0 Å². The first-order valence-corrected chi connectivity index (χ1v) is 12.1. The molecule has 4 aromatic rings. The third-order valence-corrected chi connectivity index (χ3v) is 7.16. The van der Waals surface area contributed by atoms with Gasteiger partial charge < -0.3 is 17.7 Å². The average molecular weight is 560 g/mol. The van der Waals surface area contributed by atoms with Crippen LogP contribution in [0.5, 0.6) is 11.5 Å². The molecule has 0 amide bonds. The van der Waals surface area contributed by atoms with Crippen molar-refractivity contribution in [2.45, 2.75) is 9.79 Å².